The fourth-order valence-corrected chi connectivity index (χ4v) is 2.70. The van der Waals surface area contributed by atoms with Gasteiger partial charge in [-0.25, -0.2) is 4.39 Å². The van der Waals surface area contributed by atoms with Gasteiger partial charge in [0.2, 0.25) is 5.91 Å². The van der Waals surface area contributed by atoms with E-state index in [0.29, 0.717) is 15.7 Å². The normalized spacial score (nSPS) is 10.1. The van der Waals surface area contributed by atoms with E-state index in [9.17, 15) is 14.0 Å². The molecule has 0 aliphatic carbocycles. The molecule has 0 spiro atoms. The van der Waals surface area contributed by atoms with E-state index in [-0.39, 0.29) is 11.3 Å². The molecular formula is C16H14ClFN2O3S. The largest absolute Gasteiger partial charge is 0.496 e. The number of thioether (sulfide) groups is 1. The third-order valence-corrected chi connectivity index (χ3v) is 4.20. The first kappa shape index (κ1) is 18.1. The Morgan fingerprint density at radius 3 is 2.67 bits per heavy atom. The molecule has 8 heteroatoms. The van der Waals surface area contributed by atoms with Crippen LogP contribution in [0.15, 0.2) is 47.4 Å². The third kappa shape index (κ3) is 4.87. The topological polar surface area (TPSA) is 67.4 Å². The maximum Gasteiger partial charge on any atom is 0.273 e. The fraction of sp³-hybridized carbons (Fsp3) is 0.125. The van der Waals surface area contributed by atoms with E-state index < -0.39 is 17.6 Å². The molecule has 0 bridgehead atoms. The first-order valence-electron chi connectivity index (χ1n) is 6.81. The number of hydrogen-bond acceptors (Lipinski definition) is 4. The lowest BCUT2D eigenvalue weighted by atomic mass is 10.2. The zero-order chi connectivity index (χ0) is 17.5. The molecule has 5 nitrogen and oxygen atoms in total. The summed E-state index contributed by atoms with van der Waals surface area (Å²) in [6, 6.07) is 10.7. The van der Waals surface area contributed by atoms with Gasteiger partial charge in [0.15, 0.2) is 0 Å². The molecule has 0 fully saturated rings. The lowest BCUT2D eigenvalue weighted by Gasteiger charge is -2.10. The number of ether oxygens (including phenoxy) is 1. The van der Waals surface area contributed by atoms with Gasteiger partial charge < -0.3 is 4.74 Å². The van der Waals surface area contributed by atoms with Crippen LogP contribution in [-0.2, 0) is 4.79 Å². The minimum Gasteiger partial charge on any atom is -0.496 e. The van der Waals surface area contributed by atoms with Crippen molar-refractivity contribution in [3.8, 4) is 5.75 Å². The van der Waals surface area contributed by atoms with Crippen LogP contribution in [-0.4, -0.2) is 24.7 Å². The summed E-state index contributed by atoms with van der Waals surface area (Å²) in [6.45, 7) is 0. The highest BCUT2D eigenvalue weighted by molar-refractivity contribution is 8.00. The number of hydrogen-bond donors (Lipinski definition) is 2. The van der Waals surface area contributed by atoms with Crippen LogP contribution in [0.3, 0.4) is 0 Å². The van der Waals surface area contributed by atoms with Crippen LogP contribution >= 0.6 is 23.4 Å². The van der Waals surface area contributed by atoms with E-state index in [4.69, 9.17) is 16.3 Å². The summed E-state index contributed by atoms with van der Waals surface area (Å²) in [7, 11) is 1.42. The van der Waals surface area contributed by atoms with E-state index in [1.165, 1.54) is 19.2 Å². The van der Waals surface area contributed by atoms with E-state index in [1.807, 2.05) is 0 Å². The molecule has 0 saturated heterocycles. The van der Waals surface area contributed by atoms with Crippen LogP contribution < -0.4 is 15.6 Å². The summed E-state index contributed by atoms with van der Waals surface area (Å²) in [4.78, 5) is 24.2. The number of carbonyl (C=O) groups is 2. The smallest absolute Gasteiger partial charge is 0.273 e. The highest BCUT2D eigenvalue weighted by Crippen LogP contribution is 2.22. The Balaban J connectivity index is 1.89. The van der Waals surface area contributed by atoms with Crippen molar-refractivity contribution in [3.63, 3.8) is 0 Å². The first-order valence-corrected chi connectivity index (χ1v) is 8.17. The molecule has 2 N–H and O–H groups in total. The minimum absolute atomic E-state index is 0.0477. The van der Waals surface area contributed by atoms with Gasteiger partial charge >= 0.3 is 0 Å². The van der Waals surface area contributed by atoms with Crippen molar-refractivity contribution in [2.24, 2.45) is 0 Å². The molecule has 0 atom stereocenters. The maximum absolute atomic E-state index is 13.4. The molecule has 0 heterocycles. The number of nitrogens with one attached hydrogen (secondary N) is 2. The summed E-state index contributed by atoms with van der Waals surface area (Å²) in [5.74, 6) is -1.17. The summed E-state index contributed by atoms with van der Waals surface area (Å²) >= 11 is 6.88. The monoisotopic (exact) mass is 368 g/mol. The molecule has 2 aromatic carbocycles. The van der Waals surface area contributed by atoms with Gasteiger partial charge in [0, 0.05) is 9.92 Å². The van der Waals surface area contributed by atoms with E-state index in [0.717, 1.165) is 11.8 Å². The predicted octanol–water partition coefficient (Wildman–Crippen LogP) is 3.04. The van der Waals surface area contributed by atoms with Crippen molar-refractivity contribution in [1.29, 1.82) is 0 Å². The quantitative estimate of drug-likeness (QED) is 0.628. The first-order chi connectivity index (χ1) is 11.5. The van der Waals surface area contributed by atoms with Crippen molar-refractivity contribution in [2.45, 2.75) is 4.90 Å². The minimum atomic E-state index is -0.571. The van der Waals surface area contributed by atoms with Crippen LogP contribution in [0.5, 0.6) is 5.75 Å². The molecule has 0 aliphatic heterocycles. The summed E-state index contributed by atoms with van der Waals surface area (Å²) in [5, 5.41) is 0.363. The van der Waals surface area contributed by atoms with Gasteiger partial charge in [-0.05, 0) is 30.3 Å². The summed E-state index contributed by atoms with van der Waals surface area (Å²) in [6.07, 6.45) is 0. The van der Waals surface area contributed by atoms with Gasteiger partial charge in [0.1, 0.15) is 11.6 Å². The fourth-order valence-electron chi connectivity index (χ4n) is 1.79. The number of benzene rings is 2. The van der Waals surface area contributed by atoms with E-state index in [2.05, 4.69) is 10.9 Å². The van der Waals surface area contributed by atoms with Crippen LogP contribution in [0.25, 0.3) is 0 Å². The molecule has 2 aromatic rings. The third-order valence-electron chi connectivity index (χ3n) is 2.92. The number of hydrazine groups is 1. The second-order valence-corrected chi connectivity index (χ2v) is 6.02. The molecule has 0 aliphatic rings. The van der Waals surface area contributed by atoms with E-state index in [1.54, 1.807) is 30.3 Å². The standard InChI is InChI=1S/C16H14ClFN2O3S/c1-23-13-7-6-10(17)8-11(13)16(22)20-19-15(21)9-24-14-5-3-2-4-12(14)18/h2-8H,9H2,1H3,(H,19,21)(H,20,22). The molecule has 0 unspecified atom stereocenters. The van der Waals surface area contributed by atoms with Gasteiger partial charge in [0.05, 0.1) is 18.4 Å². The van der Waals surface area contributed by atoms with Crippen molar-refractivity contribution >= 4 is 35.2 Å². The van der Waals surface area contributed by atoms with Gasteiger partial charge in [-0.2, -0.15) is 0 Å². The second kappa shape index (κ2) is 8.56. The Hall–Kier alpha value is -2.25. The zero-order valence-electron chi connectivity index (χ0n) is 12.6. The van der Waals surface area contributed by atoms with Crippen LogP contribution in [0.4, 0.5) is 4.39 Å². The molecule has 0 radical (unpaired) electrons. The Bertz CT molecular complexity index is 758. The Morgan fingerprint density at radius 1 is 1.21 bits per heavy atom. The van der Waals surface area contributed by atoms with Crippen molar-refractivity contribution in [1.82, 2.24) is 10.9 Å². The Morgan fingerprint density at radius 2 is 1.96 bits per heavy atom. The van der Waals surface area contributed by atoms with Gasteiger partial charge in [-0.1, -0.05) is 23.7 Å². The molecule has 2 rings (SSSR count). The van der Waals surface area contributed by atoms with Gasteiger partial charge in [-0.3, -0.25) is 20.4 Å². The second-order valence-electron chi connectivity index (χ2n) is 4.57. The van der Waals surface area contributed by atoms with Crippen LogP contribution in [0, 0.1) is 5.82 Å². The van der Waals surface area contributed by atoms with E-state index >= 15 is 0 Å². The average Bonchev–Trinajstić information content (AvgIpc) is 2.59. The lowest BCUT2D eigenvalue weighted by Crippen LogP contribution is -2.42. The molecule has 126 valence electrons. The Labute approximate surface area is 147 Å². The maximum atomic E-state index is 13.4. The molecule has 0 saturated carbocycles. The molecular weight excluding hydrogens is 355 g/mol. The van der Waals surface area contributed by atoms with Gasteiger partial charge in [0.25, 0.3) is 5.91 Å². The zero-order valence-corrected chi connectivity index (χ0v) is 14.2. The summed E-state index contributed by atoms with van der Waals surface area (Å²) in [5.41, 5.74) is 4.72. The molecule has 24 heavy (non-hydrogen) atoms. The van der Waals surface area contributed by atoms with Gasteiger partial charge in [-0.15, -0.1) is 11.8 Å². The number of amides is 2. The van der Waals surface area contributed by atoms with Crippen molar-refractivity contribution in [3.05, 3.63) is 58.9 Å². The highest BCUT2D eigenvalue weighted by atomic mass is 35.5. The lowest BCUT2D eigenvalue weighted by molar-refractivity contribution is -0.119. The highest BCUT2D eigenvalue weighted by Gasteiger charge is 2.14. The summed E-state index contributed by atoms with van der Waals surface area (Å²) < 4.78 is 18.5. The number of halogens is 2. The number of carbonyl (C=O) groups excluding carboxylic acids is 2. The van der Waals surface area contributed by atoms with Crippen LogP contribution in [0.1, 0.15) is 10.4 Å². The Kier molecular flexibility index (Phi) is 6.45. The number of methoxy groups -OCH3 is 1. The predicted molar refractivity (Wildman–Crippen MR) is 90.7 cm³/mol. The molecule has 2 amide bonds. The average molecular weight is 369 g/mol. The SMILES string of the molecule is COc1ccc(Cl)cc1C(=O)NNC(=O)CSc1ccccc1F. The van der Waals surface area contributed by atoms with Crippen molar-refractivity contribution < 1.29 is 18.7 Å². The number of rotatable bonds is 5. The van der Waals surface area contributed by atoms with Crippen molar-refractivity contribution in [2.75, 3.05) is 12.9 Å². The molecule has 0 aromatic heterocycles. The van der Waals surface area contributed by atoms with Crippen LogP contribution in [0.2, 0.25) is 5.02 Å².